The number of halogens is 1. The van der Waals surface area contributed by atoms with Crippen LogP contribution < -0.4 is 9.62 Å². The van der Waals surface area contributed by atoms with Crippen LogP contribution in [0.3, 0.4) is 0 Å². The third-order valence-electron chi connectivity index (χ3n) is 3.92. The number of aromatic nitrogens is 1. The zero-order chi connectivity index (χ0) is 20.8. The highest BCUT2D eigenvalue weighted by Gasteiger charge is 2.46. The lowest BCUT2D eigenvalue weighted by Crippen LogP contribution is -2.49. The van der Waals surface area contributed by atoms with Crippen LogP contribution in [0.15, 0.2) is 6.07 Å². The normalized spacial score (nSPS) is 21.0. The molecule has 27 heavy (non-hydrogen) atoms. The van der Waals surface area contributed by atoms with Crippen molar-refractivity contribution in [2.45, 2.75) is 64.4 Å². The SMILES string of the molecule is CC(C)(C)OC(=O)N1C[C@@](C)(NS(=O)C(C)(C)C)c2cc(C=O)nc(Cl)c21. The molecule has 0 spiro atoms. The fraction of sp³-hybridized carbons (Fsp3) is 0.611. The molecule has 2 heterocycles. The van der Waals surface area contributed by atoms with Gasteiger partial charge >= 0.3 is 6.09 Å². The van der Waals surface area contributed by atoms with Crippen molar-refractivity contribution < 1.29 is 18.5 Å². The quantitative estimate of drug-likeness (QED) is 0.602. The van der Waals surface area contributed by atoms with Gasteiger partial charge in [0.15, 0.2) is 11.4 Å². The summed E-state index contributed by atoms with van der Waals surface area (Å²) in [4.78, 5) is 29.4. The third-order valence-corrected chi connectivity index (χ3v) is 5.93. The Kier molecular flexibility index (Phi) is 5.76. The van der Waals surface area contributed by atoms with Gasteiger partial charge in [-0.25, -0.2) is 18.7 Å². The molecule has 0 saturated carbocycles. The van der Waals surface area contributed by atoms with E-state index in [-0.39, 0.29) is 17.4 Å². The summed E-state index contributed by atoms with van der Waals surface area (Å²) in [5.74, 6) is 0. The first-order chi connectivity index (χ1) is 12.2. The average molecular weight is 416 g/mol. The Balaban J connectivity index is 2.55. The van der Waals surface area contributed by atoms with Crippen molar-refractivity contribution in [3.05, 3.63) is 22.5 Å². The molecule has 1 amide bonds. The lowest BCUT2D eigenvalue weighted by Gasteiger charge is -2.31. The summed E-state index contributed by atoms with van der Waals surface area (Å²) >= 11 is 6.29. The molecule has 150 valence electrons. The lowest BCUT2D eigenvalue weighted by atomic mass is 9.96. The molecule has 1 aliphatic rings. The van der Waals surface area contributed by atoms with Gasteiger partial charge < -0.3 is 4.74 Å². The second kappa shape index (κ2) is 7.14. The van der Waals surface area contributed by atoms with Crippen LogP contribution in [0.5, 0.6) is 0 Å². The highest BCUT2D eigenvalue weighted by Crippen LogP contribution is 2.44. The number of rotatable bonds is 3. The molecule has 1 aromatic heterocycles. The van der Waals surface area contributed by atoms with Gasteiger partial charge in [-0.1, -0.05) is 11.6 Å². The molecular formula is C18H26ClN3O4S. The zero-order valence-electron chi connectivity index (χ0n) is 16.7. The van der Waals surface area contributed by atoms with Gasteiger partial charge in [0, 0.05) is 5.56 Å². The number of carbonyl (C=O) groups is 2. The van der Waals surface area contributed by atoms with Crippen LogP contribution in [-0.2, 0) is 21.3 Å². The molecule has 2 atom stereocenters. The van der Waals surface area contributed by atoms with Gasteiger partial charge in [0.1, 0.15) is 11.3 Å². The predicted octanol–water partition coefficient (Wildman–Crippen LogP) is 3.57. The smallest absolute Gasteiger partial charge is 0.414 e. The second-order valence-corrected chi connectivity index (χ2v) is 11.1. The highest BCUT2D eigenvalue weighted by atomic mass is 35.5. The van der Waals surface area contributed by atoms with E-state index in [0.717, 1.165) is 0 Å². The number of amides is 1. The van der Waals surface area contributed by atoms with Gasteiger partial charge in [0.2, 0.25) is 0 Å². The van der Waals surface area contributed by atoms with Crippen LogP contribution >= 0.6 is 11.6 Å². The molecule has 1 unspecified atom stereocenters. The molecule has 9 heteroatoms. The molecule has 1 aliphatic heterocycles. The standard InChI is InChI=1S/C18H26ClN3O4S/c1-16(2,3)26-15(24)22-10-18(7,21-27(25)17(4,5)6)12-8-11(9-23)20-14(19)13(12)22/h8-9,21H,10H2,1-7H3/t18-,27?/m1/s1. The Morgan fingerprint density at radius 3 is 2.44 bits per heavy atom. The van der Waals surface area contributed by atoms with Gasteiger partial charge in [0.25, 0.3) is 0 Å². The van der Waals surface area contributed by atoms with E-state index in [4.69, 9.17) is 16.3 Å². The number of carbonyl (C=O) groups excluding carboxylic acids is 2. The van der Waals surface area contributed by atoms with E-state index in [1.165, 1.54) is 4.90 Å². The fourth-order valence-corrected chi connectivity index (χ4v) is 3.85. The minimum atomic E-state index is -1.42. The first-order valence-corrected chi connectivity index (χ1v) is 10.1. The zero-order valence-corrected chi connectivity index (χ0v) is 18.2. The van der Waals surface area contributed by atoms with Gasteiger partial charge in [-0.15, -0.1) is 0 Å². The summed E-state index contributed by atoms with van der Waals surface area (Å²) in [7, 11) is -1.42. The Bertz CT molecular complexity index is 801. The van der Waals surface area contributed by atoms with Crippen LogP contribution in [0, 0.1) is 0 Å². The Hall–Kier alpha value is -1.51. The molecule has 0 fully saturated rings. The van der Waals surface area contributed by atoms with Gasteiger partial charge in [-0.2, -0.15) is 0 Å². The van der Waals surface area contributed by atoms with E-state index in [9.17, 15) is 13.8 Å². The Labute approximate surface area is 167 Å². The van der Waals surface area contributed by atoms with Gasteiger partial charge in [0.05, 0.1) is 33.5 Å². The summed E-state index contributed by atoms with van der Waals surface area (Å²) in [6.45, 7) is 12.8. The number of nitrogens with zero attached hydrogens (tertiary/aromatic N) is 2. The van der Waals surface area contributed by atoms with Crippen LogP contribution in [0.2, 0.25) is 5.15 Å². The number of hydrogen-bond donors (Lipinski definition) is 1. The molecule has 7 nitrogen and oxygen atoms in total. The molecule has 0 saturated heterocycles. The summed E-state index contributed by atoms with van der Waals surface area (Å²) in [6.07, 6.45) is 0.00190. The van der Waals surface area contributed by atoms with Crippen molar-refractivity contribution in [3.8, 4) is 0 Å². The molecule has 0 aromatic carbocycles. The number of aldehydes is 1. The summed E-state index contributed by atoms with van der Waals surface area (Å²) in [6, 6.07) is 1.56. The van der Waals surface area contributed by atoms with Crippen molar-refractivity contribution in [2.24, 2.45) is 0 Å². The van der Waals surface area contributed by atoms with E-state index in [0.29, 0.717) is 17.5 Å². The maximum absolute atomic E-state index is 12.7. The van der Waals surface area contributed by atoms with E-state index in [2.05, 4.69) is 9.71 Å². The minimum Gasteiger partial charge on any atom is -0.443 e. The number of nitrogens with one attached hydrogen (secondary N) is 1. The van der Waals surface area contributed by atoms with Crippen molar-refractivity contribution >= 4 is 40.7 Å². The average Bonchev–Trinajstić information content (AvgIpc) is 2.78. The van der Waals surface area contributed by atoms with Crippen LogP contribution in [0.1, 0.15) is 64.5 Å². The first-order valence-electron chi connectivity index (χ1n) is 8.54. The summed E-state index contributed by atoms with van der Waals surface area (Å²) in [5.41, 5.74) is -0.514. The predicted molar refractivity (Wildman–Crippen MR) is 107 cm³/mol. The van der Waals surface area contributed by atoms with Gasteiger partial charge in [-0.05, 0) is 54.5 Å². The summed E-state index contributed by atoms with van der Waals surface area (Å²) in [5, 5.41) is 0.0209. The van der Waals surface area contributed by atoms with E-state index < -0.39 is 33.0 Å². The molecule has 1 aromatic rings. The van der Waals surface area contributed by atoms with E-state index in [1.807, 2.05) is 27.7 Å². The topological polar surface area (TPSA) is 88.6 Å². The second-order valence-electron chi connectivity index (χ2n) is 8.73. The monoisotopic (exact) mass is 415 g/mol. The fourth-order valence-electron chi connectivity index (χ4n) is 2.66. The van der Waals surface area contributed by atoms with Crippen molar-refractivity contribution in [1.82, 2.24) is 9.71 Å². The number of pyridine rings is 1. The maximum Gasteiger partial charge on any atom is 0.414 e. The number of fused-ring (bicyclic) bond motifs is 1. The molecular weight excluding hydrogens is 390 g/mol. The van der Waals surface area contributed by atoms with Crippen molar-refractivity contribution in [2.75, 3.05) is 11.4 Å². The number of hydrogen-bond acceptors (Lipinski definition) is 5. The molecule has 1 N–H and O–H groups in total. The highest BCUT2D eigenvalue weighted by molar-refractivity contribution is 7.84. The third kappa shape index (κ3) is 4.67. The molecule has 2 rings (SSSR count). The molecule has 0 aliphatic carbocycles. The molecule has 0 radical (unpaired) electrons. The Morgan fingerprint density at radius 1 is 1.37 bits per heavy atom. The Morgan fingerprint density at radius 2 is 1.96 bits per heavy atom. The van der Waals surface area contributed by atoms with Crippen LogP contribution in [-0.4, -0.2) is 38.5 Å². The first kappa shape index (κ1) is 21.8. The van der Waals surface area contributed by atoms with Crippen molar-refractivity contribution in [1.29, 1.82) is 0 Å². The van der Waals surface area contributed by atoms with Crippen LogP contribution in [0.4, 0.5) is 10.5 Å². The largest absolute Gasteiger partial charge is 0.443 e. The van der Waals surface area contributed by atoms with Crippen LogP contribution in [0.25, 0.3) is 0 Å². The summed E-state index contributed by atoms with van der Waals surface area (Å²) < 4.78 is 20.8. The number of anilines is 1. The lowest BCUT2D eigenvalue weighted by molar-refractivity contribution is 0.0577. The minimum absolute atomic E-state index is 0.0209. The molecule has 0 bridgehead atoms. The van der Waals surface area contributed by atoms with E-state index >= 15 is 0 Å². The van der Waals surface area contributed by atoms with Crippen molar-refractivity contribution in [3.63, 3.8) is 0 Å². The maximum atomic E-state index is 12.7. The van der Waals surface area contributed by atoms with E-state index in [1.54, 1.807) is 26.8 Å². The number of ether oxygens (including phenoxy) is 1. The van der Waals surface area contributed by atoms with Gasteiger partial charge in [-0.3, -0.25) is 9.69 Å².